The molecule has 0 unspecified atom stereocenters. The van der Waals surface area contributed by atoms with E-state index in [0.717, 1.165) is 18.6 Å². The number of carbonyl (C=O) groups is 1. The quantitative estimate of drug-likeness (QED) is 0.852. The third-order valence-electron chi connectivity index (χ3n) is 4.05. The largest absolute Gasteiger partial charge is 0.419 e. The van der Waals surface area contributed by atoms with Gasteiger partial charge in [0.2, 0.25) is 0 Å². The summed E-state index contributed by atoms with van der Waals surface area (Å²) in [6.07, 6.45) is -1.46. The summed E-state index contributed by atoms with van der Waals surface area (Å²) in [4.78, 5) is 18.0. The number of hydrogen-bond donors (Lipinski definition) is 1. The van der Waals surface area contributed by atoms with Crippen molar-refractivity contribution in [2.24, 2.45) is 0 Å². The molecule has 9 heteroatoms. The van der Waals surface area contributed by atoms with Gasteiger partial charge in [-0.3, -0.25) is 9.89 Å². The van der Waals surface area contributed by atoms with Crippen LogP contribution in [-0.2, 0) is 6.18 Å². The maximum Gasteiger partial charge on any atom is 0.419 e. The van der Waals surface area contributed by atoms with Crippen molar-refractivity contribution in [3.8, 4) is 0 Å². The minimum atomic E-state index is -4.85. The molecule has 1 fully saturated rings. The van der Waals surface area contributed by atoms with Crippen LogP contribution in [0, 0.1) is 5.82 Å². The Hall–Kier alpha value is -2.45. The van der Waals surface area contributed by atoms with E-state index in [9.17, 15) is 22.4 Å². The Bertz CT molecular complexity index is 730. The van der Waals surface area contributed by atoms with Gasteiger partial charge in [0, 0.05) is 6.54 Å². The summed E-state index contributed by atoms with van der Waals surface area (Å²) < 4.78 is 52.8. The first-order chi connectivity index (χ1) is 11.4. The molecule has 3 rings (SSSR count). The van der Waals surface area contributed by atoms with Gasteiger partial charge in [-0.2, -0.15) is 18.3 Å². The first kappa shape index (κ1) is 16.4. The zero-order valence-corrected chi connectivity index (χ0v) is 12.5. The fourth-order valence-corrected chi connectivity index (χ4v) is 2.91. The van der Waals surface area contributed by atoms with Crippen LogP contribution in [0.3, 0.4) is 0 Å². The summed E-state index contributed by atoms with van der Waals surface area (Å²) in [7, 11) is 0. The summed E-state index contributed by atoms with van der Waals surface area (Å²) in [6, 6.07) is 2.27. The summed E-state index contributed by atoms with van der Waals surface area (Å²) >= 11 is 0. The van der Waals surface area contributed by atoms with Gasteiger partial charge < -0.3 is 4.90 Å². The molecule has 2 heterocycles. The van der Waals surface area contributed by atoms with Gasteiger partial charge in [-0.05, 0) is 31.4 Å². The van der Waals surface area contributed by atoms with Gasteiger partial charge in [-0.1, -0.05) is 6.07 Å². The summed E-state index contributed by atoms with van der Waals surface area (Å²) in [5, 5.41) is 6.40. The fraction of sp³-hybridized carbons (Fsp3) is 0.400. The Morgan fingerprint density at radius 2 is 2.08 bits per heavy atom. The number of nitrogens with one attached hydrogen (secondary N) is 1. The van der Waals surface area contributed by atoms with Gasteiger partial charge in [-0.15, -0.1) is 0 Å². The van der Waals surface area contributed by atoms with Crippen LogP contribution < -0.4 is 0 Å². The second kappa shape index (κ2) is 6.21. The van der Waals surface area contributed by atoms with E-state index in [1.165, 1.54) is 11.2 Å². The second-order valence-corrected chi connectivity index (χ2v) is 5.55. The van der Waals surface area contributed by atoms with E-state index in [2.05, 4.69) is 15.2 Å². The van der Waals surface area contributed by atoms with E-state index >= 15 is 0 Å². The third kappa shape index (κ3) is 2.98. The molecule has 0 saturated carbocycles. The molecule has 1 aliphatic heterocycles. The van der Waals surface area contributed by atoms with Gasteiger partial charge in [-0.25, -0.2) is 9.37 Å². The molecule has 1 amide bonds. The lowest BCUT2D eigenvalue weighted by molar-refractivity contribution is -0.140. The molecule has 1 atom stereocenters. The summed E-state index contributed by atoms with van der Waals surface area (Å²) in [6.45, 7) is 0.319. The highest BCUT2D eigenvalue weighted by Gasteiger charge is 2.38. The number of H-pyrrole nitrogens is 1. The summed E-state index contributed by atoms with van der Waals surface area (Å²) in [5.74, 6) is -1.88. The number of amides is 1. The maximum absolute atomic E-state index is 14.2. The molecule has 0 spiro atoms. The average Bonchev–Trinajstić information content (AvgIpc) is 3.07. The van der Waals surface area contributed by atoms with Gasteiger partial charge >= 0.3 is 6.18 Å². The Morgan fingerprint density at radius 3 is 2.75 bits per heavy atom. The van der Waals surface area contributed by atoms with E-state index in [0.29, 0.717) is 31.3 Å². The predicted octanol–water partition coefficient (Wildman–Crippen LogP) is 3.33. The molecule has 1 aliphatic rings. The molecule has 2 aromatic rings. The molecule has 0 radical (unpaired) electrons. The first-order valence-corrected chi connectivity index (χ1v) is 7.41. The molecular formula is C15H14F4N4O. The van der Waals surface area contributed by atoms with Crippen molar-refractivity contribution in [2.75, 3.05) is 6.54 Å². The van der Waals surface area contributed by atoms with Crippen molar-refractivity contribution < 1.29 is 22.4 Å². The van der Waals surface area contributed by atoms with E-state index in [1.54, 1.807) is 0 Å². The lowest BCUT2D eigenvalue weighted by atomic mass is 9.99. The zero-order valence-electron chi connectivity index (χ0n) is 12.5. The Labute approximate surface area is 134 Å². The number of nitrogens with zero attached hydrogens (tertiary/aromatic N) is 3. The number of aromatic nitrogens is 3. The number of alkyl halides is 3. The van der Waals surface area contributed by atoms with Crippen molar-refractivity contribution in [1.29, 1.82) is 0 Å². The molecule has 128 valence electrons. The monoisotopic (exact) mass is 342 g/mol. The number of aromatic amines is 1. The number of likely N-dealkylation sites (tertiary alicyclic amines) is 1. The number of carbonyl (C=O) groups excluding carboxylic acids is 1. The van der Waals surface area contributed by atoms with E-state index in [1.807, 2.05) is 0 Å². The molecule has 0 bridgehead atoms. The average molecular weight is 342 g/mol. The Morgan fingerprint density at radius 1 is 1.29 bits per heavy atom. The second-order valence-electron chi connectivity index (χ2n) is 5.55. The third-order valence-corrected chi connectivity index (χ3v) is 4.05. The highest BCUT2D eigenvalue weighted by atomic mass is 19.4. The minimum absolute atomic E-state index is 0.319. The molecule has 1 N–H and O–H groups in total. The first-order valence-electron chi connectivity index (χ1n) is 7.41. The van der Waals surface area contributed by atoms with Crippen molar-refractivity contribution in [1.82, 2.24) is 20.1 Å². The van der Waals surface area contributed by atoms with Gasteiger partial charge in [0.15, 0.2) is 0 Å². The van der Waals surface area contributed by atoms with Gasteiger partial charge in [0.1, 0.15) is 18.0 Å². The number of halogens is 4. The number of rotatable bonds is 2. The van der Waals surface area contributed by atoms with Crippen molar-refractivity contribution in [2.45, 2.75) is 31.5 Å². The molecule has 1 aromatic heterocycles. The number of benzene rings is 1. The van der Waals surface area contributed by atoms with Crippen LogP contribution in [0.2, 0.25) is 0 Å². The normalized spacial score (nSPS) is 18.7. The Kier molecular flexibility index (Phi) is 4.25. The molecule has 24 heavy (non-hydrogen) atoms. The van der Waals surface area contributed by atoms with Crippen LogP contribution in [0.25, 0.3) is 0 Å². The smallest absolute Gasteiger partial charge is 0.328 e. The Balaban J connectivity index is 1.96. The zero-order chi connectivity index (χ0) is 17.3. The molecule has 1 aromatic carbocycles. The fourth-order valence-electron chi connectivity index (χ4n) is 2.91. The van der Waals surface area contributed by atoms with E-state index < -0.39 is 35.1 Å². The lowest BCUT2D eigenvalue weighted by Crippen LogP contribution is -2.39. The van der Waals surface area contributed by atoms with Crippen molar-refractivity contribution in [3.63, 3.8) is 0 Å². The highest BCUT2D eigenvalue weighted by molar-refractivity contribution is 5.95. The topological polar surface area (TPSA) is 61.9 Å². The molecule has 5 nitrogen and oxygen atoms in total. The number of hydrogen-bond acceptors (Lipinski definition) is 3. The van der Waals surface area contributed by atoms with Crippen LogP contribution in [0.5, 0.6) is 0 Å². The van der Waals surface area contributed by atoms with Gasteiger partial charge in [0.05, 0.1) is 17.2 Å². The van der Waals surface area contributed by atoms with E-state index in [4.69, 9.17) is 0 Å². The molecule has 1 saturated heterocycles. The van der Waals surface area contributed by atoms with Crippen LogP contribution >= 0.6 is 0 Å². The highest BCUT2D eigenvalue weighted by Crippen LogP contribution is 2.34. The minimum Gasteiger partial charge on any atom is -0.328 e. The van der Waals surface area contributed by atoms with Crippen molar-refractivity contribution in [3.05, 3.63) is 47.3 Å². The SMILES string of the molecule is O=C(c1cccc(C(F)(F)F)c1F)N1CCCC[C@H]1c1ncn[nH]1. The maximum atomic E-state index is 14.2. The lowest BCUT2D eigenvalue weighted by Gasteiger charge is -2.34. The van der Waals surface area contributed by atoms with E-state index in [-0.39, 0.29) is 0 Å². The van der Waals surface area contributed by atoms with Gasteiger partial charge in [0.25, 0.3) is 5.91 Å². The predicted molar refractivity (Wildman–Crippen MR) is 75.4 cm³/mol. The number of piperidine rings is 1. The van der Waals surface area contributed by atoms with Crippen LogP contribution in [-0.4, -0.2) is 32.5 Å². The molecule has 0 aliphatic carbocycles. The standard InChI is InChI=1S/C15H14F4N4O/c16-12-9(4-3-5-10(12)15(17,18)19)14(24)23-7-2-1-6-11(23)13-20-8-21-22-13/h3-5,8,11H,1-2,6-7H2,(H,20,21,22)/t11-/m0/s1. The van der Waals surface area contributed by atoms with Crippen LogP contribution in [0.4, 0.5) is 17.6 Å². The summed E-state index contributed by atoms with van der Waals surface area (Å²) in [5.41, 5.74) is -2.03. The van der Waals surface area contributed by atoms with Crippen LogP contribution in [0.15, 0.2) is 24.5 Å². The van der Waals surface area contributed by atoms with Crippen molar-refractivity contribution >= 4 is 5.91 Å². The van der Waals surface area contributed by atoms with Crippen LogP contribution in [0.1, 0.15) is 47.1 Å². The molecular weight excluding hydrogens is 328 g/mol.